The zero-order valence-corrected chi connectivity index (χ0v) is 22.0. The third kappa shape index (κ3) is 8.20. The van der Waals surface area contributed by atoms with Gasteiger partial charge >= 0.3 is 12.1 Å². The molecule has 0 spiro atoms. The first-order chi connectivity index (χ1) is 17.2. The van der Waals surface area contributed by atoms with E-state index in [-0.39, 0.29) is 24.5 Å². The maximum atomic E-state index is 12.8. The molecule has 9 heteroatoms. The van der Waals surface area contributed by atoms with Crippen LogP contribution in [0.25, 0.3) is 10.8 Å². The van der Waals surface area contributed by atoms with Crippen molar-refractivity contribution in [3.63, 3.8) is 0 Å². The summed E-state index contributed by atoms with van der Waals surface area (Å²) in [6.45, 7) is 10.7. The molecule has 196 valence electrons. The third-order valence-electron chi connectivity index (χ3n) is 4.93. The second-order valence-electron chi connectivity index (χ2n) is 10.5. The molecule has 0 aliphatic rings. The van der Waals surface area contributed by atoms with Crippen LogP contribution in [-0.4, -0.2) is 33.7 Å². The minimum atomic E-state index is -0.745. The van der Waals surface area contributed by atoms with Gasteiger partial charge in [-0.1, -0.05) is 24.3 Å². The molecule has 0 atom stereocenters. The van der Waals surface area contributed by atoms with Crippen LogP contribution in [0.15, 0.2) is 64.5 Å². The Bertz CT molecular complexity index is 1380. The van der Waals surface area contributed by atoms with E-state index in [1.54, 1.807) is 84.1 Å². The fraction of sp³-hybridized carbons (Fsp3) is 0.357. The number of amides is 1. The average molecular weight is 508 g/mol. The number of nitrogens with two attached hydrogens (primary N) is 1. The van der Waals surface area contributed by atoms with Crippen molar-refractivity contribution < 1.29 is 23.8 Å². The van der Waals surface area contributed by atoms with Crippen molar-refractivity contribution in [1.29, 1.82) is 0 Å². The number of hydrogen-bond donors (Lipinski definition) is 1. The molecule has 1 amide bonds. The Morgan fingerprint density at radius 3 is 2.19 bits per heavy atom. The van der Waals surface area contributed by atoms with Gasteiger partial charge in [0.25, 0.3) is 5.56 Å². The SMILES string of the molecule is CC(C)(C)OC(=O)Cn1ccc2cc(OCc3ccc(/C(N)=N/C(=O)OC(C)(C)C)cc3)ccc2c1=O. The molecule has 0 aliphatic heterocycles. The molecule has 0 aliphatic carbocycles. The number of carbonyl (C=O) groups is 2. The highest BCUT2D eigenvalue weighted by atomic mass is 16.6. The first-order valence-electron chi connectivity index (χ1n) is 11.8. The average Bonchev–Trinajstić information content (AvgIpc) is 2.77. The van der Waals surface area contributed by atoms with Crippen molar-refractivity contribution in [2.45, 2.75) is 65.9 Å². The Hall–Kier alpha value is -4.14. The Labute approximate surface area is 215 Å². The summed E-state index contributed by atoms with van der Waals surface area (Å²) in [6, 6.07) is 14.1. The number of amidine groups is 1. The monoisotopic (exact) mass is 507 g/mol. The molecule has 3 rings (SSSR count). The molecule has 0 unspecified atom stereocenters. The maximum Gasteiger partial charge on any atom is 0.436 e. The summed E-state index contributed by atoms with van der Waals surface area (Å²) in [5.74, 6) is 0.179. The third-order valence-corrected chi connectivity index (χ3v) is 4.93. The van der Waals surface area contributed by atoms with E-state index in [4.69, 9.17) is 19.9 Å². The van der Waals surface area contributed by atoms with Gasteiger partial charge < -0.3 is 24.5 Å². The number of aliphatic imine (C=N–C) groups is 1. The van der Waals surface area contributed by atoms with E-state index < -0.39 is 23.3 Å². The highest BCUT2D eigenvalue weighted by Gasteiger charge is 2.18. The summed E-state index contributed by atoms with van der Waals surface area (Å²) >= 11 is 0. The summed E-state index contributed by atoms with van der Waals surface area (Å²) in [7, 11) is 0. The van der Waals surface area contributed by atoms with Crippen molar-refractivity contribution in [2.75, 3.05) is 0 Å². The van der Waals surface area contributed by atoms with Gasteiger partial charge in [-0.2, -0.15) is 4.99 Å². The van der Waals surface area contributed by atoms with Crippen LogP contribution in [0.1, 0.15) is 52.7 Å². The number of fused-ring (bicyclic) bond motifs is 1. The predicted octanol–water partition coefficient (Wildman–Crippen LogP) is 4.56. The van der Waals surface area contributed by atoms with Crippen LogP contribution < -0.4 is 16.0 Å². The largest absolute Gasteiger partial charge is 0.489 e. The summed E-state index contributed by atoms with van der Waals surface area (Å²) < 4.78 is 17.7. The lowest BCUT2D eigenvalue weighted by molar-refractivity contribution is -0.155. The number of hydrogen-bond acceptors (Lipinski definition) is 6. The number of esters is 1. The summed E-state index contributed by atoms with van der Waals surface area (Å²) in [4.78, 5) is 40.5. The quantitative estimate of drug-likeness (QED) is 0.295. The number of ether oxygens (including phenoxy) is 3. The summed E-state index contributed by atoms with van der Waals surface area (Å²) in [5.41, 5.74) is 5.83. The summed E-state index contributed by atoms with van der Waals surface area (Å²) in [6.07, 6.45) is 0.825. The molecule has 0 fully saturated rings. The number of aromatic nitrogens is 1. The number of nitrogens with zero attached hydrogens (tertiary/aromatic N) is 2. The molecule has 9 nitrogen and oxygen atoms in total. The van der Waals surface area contributed by atoms with Crippen LogP contribution in [0.2, 0.25) is 0 Å². The van der Waals surface area contributed by atoms with Gasteiger partial charge in [-0.3, -0.25) is 9.59 Å². The van der Waals surface area contributed by atoms with Crippen LogP contribution in [0.3, 0.4) is 0 Å². The Morgan fingerprint density at radius 1 is 0.919 bits per heavy atom. The van der Waals surface area contributed by atoms with E-state index in [2.05, 4.69) is 4.99 Å². The molecule has 0 bridgehead atoms. The van der Waals surface area contributed by atoms with E-state index in [0.717, 1.165) is 5.56 Å². The van der Waals surface area contributed by atoms with Gasteiger partial charge in [0.05, 0.1) is 0 Å². The summed E-state index contributed by atoms with van der Waals surface area (Å²) in [5, 5.41) is 1.17. The molecular formula is C28H33N3O6. The lowest BCUT2D eigenvalue weighted by Crippen LogP contribution is -2.30. The first-order valence-corrected chi connectivity index (χ1v) is 11.8. The zero-order valence-electron chi connectivity index (χ0n) is 22.0. The molecule has 1 heterocycles. The van der Waals surface area contributed by atoms with E-state index >= 15 is 0 Å². The van der Waals surface area contributed by atoms with Crippen LogP contribution >= 0.6 is 0 Å². The standard InChI is InChI=1S/C28H33N3O6/c1-27(2,3)36-23(32)16-31-14-13-20-15-21(11-12-22(20)25(31)33)35-17-18-7-9-19(10-8-18)24(29)30-26(34)37-28(4,5)6/h7-15H,16-17H2,1-6H3,(H2,29,30,34). The van der Waals surface area contributed by atoms with Crippen molar-refractivity contribution in [1.82, 2.24) is 4.57 Å². The molecule has 3 aromatic rings. The Balaban J connectivity index is 1.65. The fourth-order valence-electron chi connectivity index (χ4n) is 3.38. The molecule has 0 saturated heterocycles. The molecule has 2 N–H and O–H groups in total. The normalized spacial score (nSPS) is 12.3. The predicted molar refractivity (Wildman–Crippen MR) is 142 cm³/mol. The van der Waals surface area contributed by atoms with Crippen LogP contribution in [-0.2, 0) is 27.4 Å². The van der Waals surface area contributed by atoms with Crippen molar-refractivity contribution in [3.05, 3.63) is 76.2 Å². The Morgan fingerprint density at radius 2 is 1.57 bits per heavy atom. The van der Waals surface area contributed by atoms with E-state index in [1.807, 2.05) is 12.1 Å². The molecule has 0 radical (unpaired) electrons. The number of rotatable bonds is 6. The van der Waals surface area contributed by atoms with Gasteiger partial charge in [-0.15, -0.1) is 0 Å². The number of carbonyl (C=O) groups excluding carboxylic acids is 2. The zero-order chi connectivity index (χ0) is 27.4. The van der Waals surface area contributed by atoms with Crippen LogP contribution in [0.5, 0.6) is 5.75 Å². The minimum absolute atomic E-state index is 0.0635. The first kappa shape index (κ1) is 27.4. The van der Waals surface area contributed by atoms with Gasteiger partial charge in [-0.05, 0) is 76.8 Å². The second kappa shape index (κ2) is 10.9. The van der Waals surface area contributed by atoms with Crippen molar-refractivity contribution >= 4 is 28.7 Å². The van der Waals surface area contributed by atoms with Gasteiger partial charge in [0.1, 0.15) is 35.9 Å². The fourth-order valence-corrected chi connectivity index (χ4v) is 3.38. The van der Waals surface area contributed by atoms with Crippen LogP contribution in [0, 0.1) is 0 Å². The number of benzene rings is 2. The molecule has 0 saturated carbocycles. The highest BCUT2D eigenvalue weighted by Crippen LogP contribution is 2.20. The Kier molecular flexibility index (Phi) is 8.06. The molecule has 37 heavy (non-hydrogen) atoms. The van der Waals surface area contributed by atoms with E-state index in [9.17, 15) is 14.4 Å². The maximum absolute atomic E-state index is 12.8. The highest BCUT2D eigenvalue weighted by molar-refractivity contribution is 6.02. The van der Waals surface area contributed by atoms with Crippen LogP contribution in [0.4, 0.5) is 4.79 Å². The second-order valence-corrected chi connectivity index (χ2v) is 10.5. The van der Waals surface area contributed by atoms with E-state index in [0.29, 0.717) is 22.1 Å². The van der Waals surface area contributed by atoms with Crippen molar-refractivity contribution in [3.8, 4) is 5.75 Å². The van der Waals surface area contributed by atoms with Gasteiger partial charge in [0.2, 0.25) is 0 Å². The van der Waals surface area contributed by atoms with E-state index in [1.165, 1.54) is 4.57 Å². The topological polar surface area (TPSA) is 122 Å². The molecular weight excluding hydrogens is 474 g/mol. The lowest BCUT2D eigenvalue weighted by Gasteiger charge is -2.19. The van der Waals surface area contributed by atoms with Crippen molar-refractivity contribution in [2.24, 2.45) is 10.7 Å². The minimum Gasteiger partial charge on any atom is -0.489 e. The van der Waals surface area contributed by atoms with Gasteiger partial charge in [0, 0.05) is 17.1 Å². The molecule has 2 aromatic carbocycles. The lowest BCUT2D eigenvalue weighted by atomic mass is 10.1. The number of pyridine rings is 1. The van der Waals surface area contributed by atoms with Gasteiger partial charge in [-0.25, -0.2) is 4.79 Å². The van der Waals surface area contributed by atoms with Gasteiger partial charge in [0.15, 0.2) is 0 Å². The smallest absolute Gasteiger partial charge is 0.436 e. The molecule has 1 aromatic heterocycles.